The number of phenolic OH excluding ortho intramolecular Hbond substituents is 1. The molecule has 20 heavy (non-hydrogen) atoms. The highest BCUT2D eigenvalue weighted by molar-refractivity contribution is 5.99. The van der Waals surface area contributed by atoms with Gasteiger partial charge in [-0.05, 0) is 46.0 Å². The molecule has 0 saturated carbocycles. The van der Waals surface area contributed by atoms with Crippen LogP contribution in [-0.4, -0.2) is 36.2 Å². The SMILES string of the molecule is CNCC(=O)c1ccc(O)c(NC(=O)OC(C)(C)C)c1. The average Bonchev–Trinajstić information content (AvgIpc) is 2.29. The first-order chi connectivity index (χ1) is 9.23. The van der Waals surface area contributed by atoms with Gasteiger partial charge < -0.3 is 15.2 Å². The van der Waals surface area contributed by atoms with Gasteiger partial charge in [0.2, 0.25) is 0 Å². The van der Waals surface area contributed by atoms with Gasteiger partial charge >= 0.3 is 6.09 Å². The molecule has 1 rings (SSSR count). The Morgan fingerprint density at radius 2 is 1.95 bits per heavy atom. The number of hydrogen-bond donors (Lipinski definition) is 3. The summed E-state index contributed by atoms with van der Waals surface area (Å²) in [5.41, 5.74) is -0.108. The number of carbonyl (C=O) groups is 2. The lowest BCUT2D eigenvalue weighted by molar-refractivity contribution is 0.0635. The number of benzene rings is 1. The van der Waals surface area contributed by atoms with Crippen LogP contribution in [-0.2, 0) is 4.74 Å². The van der Waals surface area contributed by atoms with Crippen molar-refractivity contribution in [2.45, 2.75) is 26.4 Å². The summed E-state index contributed by atoms with van der Waals surface area (Å²) in [6, 6.07) is 4.27. The van der Waals surface area contributed by atoms with E-state index in [-0.39, 0.29) is 23.8 Å². The maximum absolute atomic E-state index is 11.7. The largest absolute Gasteiger partial charge is 0.506 e. The molecule has 0 heterocycles. The Labute approximate surface area is 118 Å². The van der Waals surface area contributed by atoms with Crippen LogP contribution in [0.15, 0.2) is 18.2 Å². The molecule has 0 atom stereocenters. The number of anilines is 1. The lowest BCUT2D eigenvalue weighted by Crippen LogP contribution is -2.27. The smallest absolute Gasteiger partial charge is 0.412 e. The number of rotatable bonds is 4. The second-order valence-corrected chi connectivity index (χ2v) is 5.31. The molecule has 1 aromatic rings. The molecule has 0 unspecified atom stereocenters. The fourth-order valence-corrected chi connectivity index (χ4v) is 1.49. The molecule has 6 nitrogen and oxygen atoms in total. The highest BCUT2D eigenvalue weighted by Gasteiger charge is 2.18. The van der Waals surface area contributed by atoms with Gasteiger partial charge in [0.25, 0.3) is 0 Å². The van der Waals surface area contributed by atoms with Gasteiger partial charge in [0, 0.05) is 5.56 Å². The third-order valence-electron chi connectivity index (χ3n) is 2.29. The van der Waals surface area contributed by atoms with E-state index in [1.165, 1.54) is 18.2 Å². The summed E-state index contributed by atoms with van der Waals surface area (Å²) in [4.78, 5) is 23.4. The van der Waals surface area contributed by atoms with Crippen molar-refractivity contribution < 1.29 is 19.4 Å². The topological polar surface area (TPSA) is 87.7 Å². The van der Waals surface area contributed by atoms with Crippen molar-refractivity contribution in [1.82, 2.24) is 5.32 Å². The Hall–Kier alpha value is -2.08. The first-order valence-corrected chi connectivity index (χ1v) is 6.24. The molecule has 0 fully saturated rings. The van der Waals surface area contributed by atoms with Gasteiger partial charge in [-0.2, -0.15) is 0 Å². The molecule has 1 aromatic carbocycles. The summed E-state index contributed by atoms with van der Waals surface area (Å²) in [5, 5.41) is 14.9. The number of likely N-dealkylation sites (N-methyl/N-ethyl adjacent to an activating group) is 1. The second kappa shape index (κ2) is 6.38. The summed E-state index contributed by atoms with van der Waals surface area (Å²) in [7, 11) is 1.66. The number of Topliss-reactive ketones (excluding diaryl/α,β-unsaturated/α-hetero) is 1. The fraction of sp³-hybridized carbons (Fsp3) is 0.429. The van der Waals surface area contributed by atoms with Gasteiger partial charge in [-0.3, -0.25) is 10.1 Å². The predicted molar refractivity (Wildman–Crippen MR) is 76.2 cm³/mol. The number of aromatic hydroxyl groups is 1. The highest BCUT2D eigenvalue weighted by Crippen LogP contribution is 2.25. The number of amides is 1. The van der Waals surface area contributed by atoms with Gasteiger partial charge in [0.05, 0.1) is 12.2 Å². The van der Waals surface area contributed by atoms with Crippen LogP contribution in [0.3, 0.4) is 0 Å². The van der Waals surface area contributed by atoms with Crippen molar-refractivity contribution in [2.75, 3.05) is 18.9 Å². The van der Waals surface area contributed by atoms with Crippen LogP contribution in [0.4, 0.5) is 10.5 Å². The number of phenols is 1. The molecule has 3 N–H and O–H groups in total. The Balaban J connectivity index is 2.87. The molecule has 0 saturated heterocycles. The van der Waals surface area contributed by atoms with E-state index in [0.29, 0.717) is 5.56 Å². The van der Waals surface area contributed by atoms with Crippen LogP contribution in [0.1, 0.15) is 31.1 Å². The molecule has 1 amide bonds. The summed E-state index contributed by atoms with van der Waals surface area (Å²) in [6.45, 7) is 5.38. The molecule has 0 aliphatic heterocycles. The quantitative estimate of drug-likeness (QED) is 0.581. The Morgan fingerprint density at radius 3 is 2.50 bits per heavy atom. The maximum atomic E-state index is 11.7. The third kappa shape index (κ3) is 4.89. The molecule has 110 valence electrons. The van der Waals surface area contributed by atoms with Gasteiger partial charge in [0.15, 0.2) is 5.78 Å². The lowest BCUT2D eigenvalue weighted by Gasteiger charge is -2.20. The minimum Gasteiger partial charge on any atom is -0.506 e. The Bertz CT molecular complexity index is 506. The summed E-state index contributed by atoms with van der Waals surface area (Å²) >= 11 is 0. The van der Waals surface area contributed by atoms with Crippen LogP contribution in [0.25, 0.3) is 0 Å². The van der Waals surface area contributed by atoms with E-state index in [1.54, 1.807) is 27.8 Å². The van der Waals surface area contributed by atoms with E-state index in [1.807, 2.05) is 0 Å². The van der Waals surface area contributed by atoms with Crippen LogP contribution in [0.2, 0.25) is 0 Å². The summed E-state index contributed by atoms with van der Waals surface area (Å²) in [6.07, 6.45) is -0.689. The number of ether oxygens (including phenoxy) is 1. The Kier molecular flexibility index (Phi) is 5.10. The molecule has 0 radical (unpaired) electrons. The minimum atomic E-state index is -0.689. The average molecular weight is 280 g/mol. The summed E-state index contributed by atoms with van der Waals surface area (Å²) in [5.74, 6) is -0.267. The van der Waals surface area contributed by atoms with Gasteiger partial charge in [-0.1, -0.05) is 0 Å². The van der Waals surface area contributed by atoms with Crippen LogP contribution in [0.5, 0.6) is 5.75 Å². The lowest BCUT2D eigenvalue weighted by atomic mass is 10.1. The monoisotopic (exact) mass is 280 g/mol. The van der Waals surface area contributed by atoms with Crippen LogP contribution < -0.4 is 10.6 Å². The zero-order valence-corrected chi connectivity index (χ0v) is 12.1. The standard InChI is InChI=1S/C14H20N2O4/c1-14(2,3)20-13(19)16-10-7-9(5-6-11(10)17)12(18)8-15-4/h5-7,15,17H,8H2,1-4H3,(H,16,19). The molecule has 0 aliphatic carbocycles. The second-order valence-electron chi connectivity index (χ2n) is 5.31. The van der Waals surface area contributed by atoms with Gasteiger partial charge in [-0.15, -0.1) is 0 Å². The number of hydrogen-bond acceptors (Lipinski definition) is 5. The minimum absolute atomic E-state index is 0.128. The molecule has 0 bridgehead atoms. The van der Waals surface area contributed by atoms with Crippen molar-refractivity contribution in [1.29, 1.82) is 0 Å². The van der Waals surface area contributed by atoms with Crippen molar-refractivity contribution in [3.8, 4) is 5.75 Å². The van der Waals surface area contributed by atoms with E-state index in [4.69, 9.17) is 4.74 Å². The molecular formula is C14H20N2O4. The van der Waals surface area contributed by atoms with Gasteiger partial charge in [-0.25, -0.2) is 4.79 Å². The number of carbonyl (C=O) groups excluding carboxylic acids is 2. The van der Waals surface area contributed by atoms with E-state index in [2.05, 4.69) is 10.6 Å². The number of nitrogens with one attached hydrogen (secondary N) is 2. The van der Waals surface area contributed by atoms with Crippen LogP contribution >= 0.6 is 0 Å². The molecule has 0 aliphatic rings. The van der Waals surface area contributed by atoms with Gasteiger partial charge in [0.1, 0.15) is 11.4 Å². The summed E-state index contributed by atoms with van der Waals surface area (Å²) < 4.78 is 5.09. The Morgan fingerprint density at radius 1 is 1.30 bits per heavy atom. The fourth-order valence-electron chi connectivity index (χ4n) is 1.49. The first-order valence-electron chi connectivity index (χ1n) is 6.24. The first kappa shape index (κ1) is 16.0. The zero-order valence-electron chi connectivity index (χ0n) is 12.1. The molecule has 6 heteroatoms. The third-order valence-corrected chi connectivity index (χ3v) is 2.29. The molecular weight excluding hydrogens is 260 g/mol. The normalized spacial score (nSPS) is 11.0. The van der Waals surface area contributed by atoms with Crippen LogP contribution in [0, 0.1) is 0 Å². The zero-order chi connectivity index (χ0) is 15.3. The maximum Gasteiger partial charge on any atom is 0.412 e. The van der Waals surface area contributed by atoms with E-state index < -0.39 is 11.7 Å². The van der Waals surface area contributed by atoms with Crippen molar-refractivity contribution >= 4 is 17.6 Å². The molecule has 0 spiro atoms. The molecule has 0 aromatic heterocycles. The van der Waals surface area contributed by atoms with E-state index >= 15 is 0 Å². The van der Waals surface area contributed by atoms with E-state index in [0.717, 1.165) is 0 Å². The van der Waals surface area contributed by atoms with Crippen molar-refractivity contribution in [3.63, 3.8) is 0 Å². The van der Waals surface area contributed by atoms with Crippen molar-refractivity contribution in [2.24, 2.45) is 0 Å². The highest BCUT2D eigenvalue weighted by atomic mass is 16.6. The van der Waals surface area contributed by atoms with E-state index in [9.17, 15) is 14.7 Å². The predicted octanol–water partition coefficient (Wildman–Crippen LogP) is 2.14. The van der Waals surface area contributed by atoms with Crippen molar-refractivity contribution in [3.05, 3.63) is 23.8 Å². The number of ketones is 1.